The Bertz CT molecular complexity index is 428. The molecule has 0 aliphatic carbocycles. The summed E-state index contributed by atoms with van der Waals surface area (Å²) in [7, 11) is 0. The standard InChI is InChI=1S/C22H38N.BrH/c1-4-6-7-8-9-10-11-12-13-14-15-17-23-19-21(3)18-22(20-23)16-5-2;/h5,18-20H,2,4,6-17H2,1,3H3;1H/q+1;/p-1. The highest BCUT2D eigenvalue weighted by Gasteiger charge is 2.04. The molecule has 2 heteroatoms. The smallest absolute Gasteiger partial charge is 0.172 e. The predicted molar refractivity (Wildman–Crippen MR) is 102 cm³/mol. The lowest BCUT2D eigenvalue weighted by Crippen LogP contribution is -3.00. The number of aromatic nitrogens is 1. The molecule has 0 aliphatic heterocycles. The summed E-state index contributed by atoms with van der Waals surface area (Å²) in [4.78, 5) is 0. The Hall–Kier alpha value is -0.630. The molecule has 0 N–H and O–H groups in total. The third-order valence-electron chi connectivity index (χ3n) is 4.51. The molecule has 0 radical (unpaired) electrons. The lowest BCUT2D eigenvalue weighted by Gasteiger charge is -2.03. The summed E-state index contributed by atoms with van der Waals surface area (Å²) >= 11 is 0. The fourth-order valence-electron chi connectivity index (χ4n) is 3.24. The van der Waals surface area contributed by atoms with Crippen LogP contribution in [0, 0.1) is 6.92 Å². The van der Waals surface area contributed by atoms with Crippen molar-refractivity contribution in [3.8, 4) is 0 Å². The van der Waals surface area contributed by atoms with Crippen LogP contribution in [0.25, 0.3) is 0 Å². The number of halogens is 1. The van der Waals surface area contributed by atoms with Crippen molar-refractivity contribution >= 4 is 0 Å². The zero-order valence-corrected chi connectivity index (χ0v) is 17.6. The molecule has 1 heterocycles. The number of pyridine rings is 1. The van der Waals surface area contributed by atoms with E-state index in [0.717, 1.165) is 13.0 Å². The number of unbranched alkanes of at least 4 members (excludes halogenated alkanes) is 10. The van der Waals surface area contributed by atoms with E-state index in [1.807, 2.05) is 6.08 Å². The highest BCUT2D eigenvalue weighted by atomic mass is 79.9. The minimum atomic E-state index is 0. The van der Waals surface area contributed by atoms with Gasteiger partial charge in [0.15, 0.2) is 12.4 Å². The van der Waals surface area contributed by atoms with Crippen LogP contribution in [-0.4, -0.2) is 0 Å². The highest BCUT2D eigenvalue weighted by Crippen LogP contribution is 2.11. The summed E-state index contributed by atoms with van der Waals surface area (Å²) in [6.07, 6.45) is 23.0. The molecule has 24 heavy (non-hydrogen) atoms. The maximum atomic E-state index is 3.84. The Kier molecular flexibility index (Phi) is 15.5. The van der Waals surface area contributed by atoms with Gasteiger partial charge in [-0.1, -0.05) is 70.8 Å². The number of hydrogen-bond acceptors (Lipinski definition) is 0. The van der Waals surface area contributed by atoms with E-state index in [-0.39, 0.29) is 17.0 Å². The molecule has 0 saturated heterocycles. The van der Waals surface area contributed by atoms with E-state index in [4.69, 9.17) is 0 Å². The van der Waals surface area contributed by atoms with Gasteiger partial charge in [-0.05, 0) is 25.8 Å². The average Bonchev–Trinajstić information content (AvgIpc) is 2.52. The topological polar surface area (TPSA) is 3.88 Å². The molecule has 0 bridgehead atoms. The highest BCUT2D eigenvalue weighted by molar-refractivity contribution is 5.15. The number of nitrogens with zero attached hydrogens (tertiary/aromatic N) is 1. The first-order valence-corrected chi connectivity index (χ1v) is 9.86. The molecular weight excluding hydrogens is 358 g/mol. The Morgan fingerprint density at radius 3 is 1.96 bits per heavy atom. The molecule has 1 aromatic heterocycles. The monoisotopic (exact) mass is 395 g/mol. The van der Waals surface area contributed by atoms with Crippen LogP contribution in [-0.2, 0) is 13.0 Å². The molecule has 0 amide bonds. The van der Waals surface area contributed by atoms with Gasteiger partial charge in [-0.25, -0.2) is 4.57 Å². The van der Waals surface area contributed by atoms with Gasteiger partial charge in [-0.3, -0.25) is 0 Å². The van der Waals surface area contributed by atoms with Crippen molar-refractivity contribution < 1.29 is 21.5 Å². The molecule has 138 valence electrons. The maximum Gasteiger partial charge on any atom is 0.172 e. The summed E-state index contributed by atoms with van der Waals surface area (Å²) in [5.41, 5.74) is 2.73. The molecular formula is C22H38BrN. The number of allylic oxidation sites excluding steroid dienone is 1. The van der Waals surface area contributed by atoms with Gasteiger partial charge in [-0.15, -0.1) is 6.58 Å². The van der Waals surface area contributed by atoms with E-state index < -0.39 is 0 Å². The number of rotatable bonds is 14. The first-order chi connectivity index (χ1) is 11.3. The third kappa shape index (κ3) is 11.8. The number of hydrogen-bond donors (Lipinski definition) is 0. The molecule has 0 aliphatic rings. The summed E-state index contributed by atoms with van der Waals surface area (Å²) in [6.45, 7) is 9.46. The fourth-order valence-corrected chi connectivity index (χ4v) is 3.24. The molecule has 1 rings (SSSR count). The van der Waals surface area contributed by atoms with E-state index in [1.54, 1.807) is 0 Å². The molecule has 0 spiro atoms. The van der Waals surface area contributed by atoms with Crippen molar-refractivity contribution in [3.63, 3.8) is 0 Å². The average molecular weight is 396 g/mol. The summed E-state index contributed by atoms with van der Waals surface area (Å²) < 4.78 is 2.36. The minimum absolute atomic E-state index is 0. The van der Waals surface area contributed by atoms with Crippen molar-refractivity contribution in [1.82, 2.24) is 0 Å². The first kappa shape index (κ1) is 23.4. The zero-order chi connectivity index (χ0) is 16.8. The Balaban J connectivity index is 0.00000529. The minimum Gasteiger partial charge on any atom is -1.00 e. The van der Waals surface area contributed by atoms with Crippen LogP contribution in [0.1, 0.15) is 88.7 Å². The fraction of sp³-hybridized carbons (Fsp3) is 0.682. The largest absolute Gasteiger partial charge is 1.00 e. The van der Waals surface area contributed by atoms with E-state index in [1.165, 1.54) is 81.8 Å². The van der Waals surface area contributed by atoms with Gasteiger partial charge < -0.3 is 17.0 Å². The van der Waals surface area contributed by atoms with Gasteiger partial charge in [0.05, 0.1) is 0 Å². The van der Waals surface area contributed by atoms with Crippen LogP contribution < -0.4 is 21.5 Å². The van der Waals surface area contributed by atoms with Crippen LogP contribution in [0.4, 0.5) is 0 Å². The van der Waals surface area contributed by atoms with E-state index in [0.29, 0.717) is 0 Å². The van der Waals surface area contributed by atoms with Gasteiger partial charge in [0.1, 0.15) is 6.54 Å². The molecule has 1 nitrogen and oxygen atoms in total. The van der Waals surface area contributed by atoms with Crippen molar-refractivity contribution in [2.24, 2.45) is 0 Å². The van der Waals surface area contributed by atoms with Gasteiger partial charge >= 0.3 is 0 Å². The van der Waals surface area contributed by atoms with Gasteiger partial charge in [-0.2, -0.15) is 0 Å². The molecule has 0 fully saturated rings. The van der Waals surface area contributed by atoms with Gasteiger partial charge in [0.25, 0.3) is 0 Å². The van der Waals surface area contributed by atoms with Gasteiger partial charge in [0, 0.05) is 17.5 Å². The Morgan fingerprint density at radius 1 is 0.875 bits per heavy atom. The van der Waals surface area contributed by atoms with E-state index in [9.17, 15) is 0 Å². The molecule has 1 aromatic rings. The normalized spacial score (nSPS) is 10.4. The maximum absolute atomic E-state index is 3.84. The Labute approximate surface area is 161 Å². The Morgan fingerprint density at radius 2 is 1.42 bits per heavy atom. The van der Waals surface area contributed by atoms with E-state index in [2.05, 4.69) is 43.5 Å². The predicted octanol–water partition coefficient (Wildman–Crippen LogP) is 3.33. The summed E-state index contributed by atoms with van der Waals surface area (Å²) in [5.74, 6) is 0. The summed E-state index contributed by atoms with van der Waals surface area (Å²) in [6, 6.07) is 2.26. The number of aryl methyl sites for hydroxylation is 2. The summed E-state index contributed by atoms with van der Waals surface area (Å²) in [5, 5.41) is 0. The second-order valence-electron chi connectivity index (χ2n) is 6.99. The van der Waals surface area contributed by atoms with Crippen LogP contribution in [0.5, 0.6) is 0 Å². The lowest BCUT2D eigenvalue weighted by molar-refractivity contribution is -0.698. The third-order valence-corrected chi connectivity index (χ3v) is 4.51. The van der Waals surface area contributed by atoms with E-state index >= 15 is 0 Å². The SMILES string of the molecule is C=CCc1cc(C)c[n+](CCCCCCCCCCCCC)c1.[Br-]. The van der Waals surface area contributed by atoms with Crippen molar-refractivity contribution in [1.29, 1.82) is 0 Å². The second kappa shape index (κ2) is 15.9. The zero-order valence-electron chi connectivity index (χ0n) is 16.0. The quantitative estimate of drug-likeness (QED) is 0.258. The van der Waals surface area contributed by atoms with Crippen molar-refractivity contribution in [2.45, 2.75) is 97.4 Å². The first-order valence-electron chi connectivity index (χ1n) is 9.86. The molecule has 0 saturated carbocycles. The van der Waals surface area contributed by atoms with Gasteiger partial charge in [0.2, 0.25) is 0 Å². The molecule has 0 atom stereocenters. The molecule has 0 unspecified atom stereocenters. The second-order valence-corrected chi connectivity index (χ2v) is 6.99. The van der Waals surface area contributed by atoms with Crippen molar-refractivity contribution in [2.75, 3.05) is 0 Å². The van der Waals surface area contributed by atoms with Crippen LogP contribution >= 0.6 is 0 Å². The van der Waals surface area contributed by atoms with Crippen LogP contribution in [0.2, 0.25) is 0 Å². The van der Waals surface area contributed by atoms with Crippen LogP contribution in [0.3, 0.4) is 0 Å². The molecule has 0 aromatic carbocycles. The van der Waals surface area contributed by atoms with Crippen molar-refractivity contribution in [3.05, 3.63) is 42.2 Å². The lowest BCUT2D eigenvalue weighted by atomic mass is 10.1. The van der Waals surface area contributed by atoms with Crippen LogP contribution in [0.15, 0.2) is 31.1 Å².